The number of anilines is 1. The second-order valence-corrected chi connectivity index (χ2v) is 7.04. The van der Waals surface area contributed by atoms with Crippen LogP contribution in [0, 0.1) is 6.92 Å². The maximum absolute atomic E-state index is 6.32. The topological polar surface area (TPSA) is 38.2 Å². The smallest absolute Gasteiger partial charge is 0.137 e. The highest BCUT2D eigenvalue weighted by atomic mass is 35.5. The second kappa shape index (κ2) is 6.49. The van der Waals surface area contributed by atoms with Crippen molar-refractivity contribution < 1.29 is 4.74 Å². The summed E-state index contributed by atoms with van der Waals surface area (Å²) < 4.78 is 5.71. The fraction of sp³-hybridized carbons (Fsp3) is 0.750. The quantitative estimate of drug-likeness (QED) is 0.797. The third-order valence-electron chi connectivity index (χ3n) is 3.88. The molecule has 0 N–H and O–H groups in total. The molecular formula is C16H26ClN3O. The highest BCUT2D eigenvalue weighted by molar-refractivity contribution is 6.30. The van der Waals surface area contributed by atoms with Gasteiger partial charge in [0.1, 0.15) is 16.8 Å². The molecule has 4 nitrogen and oxygen atoms in total. The zero-order chi connectivity index (χ0) is 15.6. The predicted octanol–water partition coefficient (Wildman–Crippen LogP) is 3.74. The normalized spacial score (nSPS) is 17.3. The number of rotatable bonds is 3. The van der Waals surface area contributed by atoms with Crippen LogP contribution in [0.5, 0.6) is 0 Å². The van der Waals surface area contributed by atoms with Crippen LogP contribution in [0.4, 0.5) is 5.82 Å². The molecule has 1 aliphatic rings. The summed E-state index contributed by atoms with van der Waals surface area (Å²) >= 11 is 6.32. The number of aromatic nitrogens is 2. The number of hydrogen-bond acceptors (Lipinski definition) is 4. The van der Waals surface area contributed by atoms with E-state index < -0.39 is 0 Å². The molecule has 5 heteroatoms. The van der Waals surface area contributed by atoms with Crippen LogP contribution >= 0.6 is 11.6 Å². The van der Waals surface area contributed by atoms with Gasteiger partial charge in [0.05, 0.1) is 6.10 Å². The fourth-order valence-corrected chi connectivity index (χ4v) is 2.76. The van der Waals surface area contributed by atoms with Gasteiger partial charge in [-0.05, 0) is 26.7 Å². The molecule has 1 fully saturated rings. The summed E-state index contributed by atoms with van der Waals surface area (Å²) in [6.45, 7) is 13.1. The van der Waals surface area contributed by atoms with Crippen LogP contribution in [0.2, 0.25) is 5.15 Å². The first-order valence-corrected chi connectivity index (χ1v) is 8.12. The molecule has 21 heavy (non-hydrogen) atoms. The van der Waals surface area contributed by atoms with Crippen LogP contribution in [-0.4, -0.2) is 35.8 Å². The molecule has 0 spiro atoms. The summed E-state index contributed by atoms with van der Waals surface area (Å²) in [5.74, 6) is 1.79. The minimum atomic E-state index is -0.101. The molecule has 0 aliphatic carbocycles. The van der Waals surface area contributed by atoms with Crippen molar-refractivity contribution in [3.8, 4) is 0 Å². The van der Waals surface area contributed by atoms with E-state index in [2.05, 4.69) is 37.6 Å². The van der Waals surface area contributed by atoms with Gasteiger partial charge < -0.3 is 9.64 Å². The van der Waals surface area contributed by atoms with Crippen LogP contribution in [0.3, 0.4) is 0 Å². The Morgan fingerprint density at radius 1 is 1.24 bits per heavy atom. The number of hydrogen-bond donors (Lipinski definition) is 0. The molecule has 1 aromatic rings. The first-order chi connectivity index (χ1) is 9.82. The highest BCUT2D eigenvalue weighted by Crippen LogP contribution is 2.30. The van der Waals surface area contributed by atoms with Crippen molar-refractivity contribution in [1.82, 2.24) is 9.97 Å². The molecule has 0 bridgehead atoms. The Morgan fingerprint density at radius 2 is 1.86 bits per heavy atom. The van der Waals surface area contributed by atoms with Crippen molar-refractivity contribution in [1.29, 1.82) is 0 Å². The maximum Gasteiger partial charge on any atom is 0.137 e. The summed E-state index contributed by atoms with van der Waals surface area (Å²) in [5, 5.41) is 0.567. The summed E-state index contributed by atoms with van der Waals surface area (Å²) in [6.07, 6.45) is 2.46. The first-order valence-electron chi connectivity index (χ1n) is 7.74. The Kier molecular flexibility index (Phi) is 5.10. The Hall–Kier alpha value is -0.870. The average Bonchev–Trinajstić information content (AvgIpc) is 2.42. The Balaban J connectivity index is 2.22. The fourth-order valence-electron chi connectivity index (χ4n) is 2.59. The van der Waals surface area contributed by atoms with Gasteiger partial charge in [-0.3, -0.25) is 0 Å². The number of halogens is 1. The van der Waals surface area contributed by atoms with E-state index in [0.717, 1.165) is 49.7 Å². The molecule has 1 aromatic heterocycles. The van der Waals surface area contributed by atoms with Gasteiger partial charge in [-0.15, -0.1) is 0 Å². The molecule has 0 amide bonds. The third-order valence-corrected chi connectivity index (χ3v) is 4.24. The number of ether oxygens (including phenoxy) is 1. The molecule has 1 saturated heterocycles. The molecule has 0 aromatic carbocycles. The van der Waals surface area contributed by atoms with Gasteiger partial charge in [0.2, 0.25) is 0 Å². The third kappa shape index (κ3) is 3.86. The standard InChI is InChI=1S/C16H26ClN3O/c1-6-21-12-7-9-20(10-8-12)14-11(2)13(17)18-15(19-14)16(3,4)5/h12H,6-10H2,1-5H3. The molecule has 118 valence electrons. The highest BCUT2D eigenvalue weighted by Gasteiger charge is 2.25. The van der Waals surface area contributed by atoms with Gasteiger partial charge in [-0.25, -0.2) is 9.97 Å². The zero-order valence-corrected chi connectivity index (χ0v) is 14.5. The molecule has 0 radical (unpaired) electrons. The van der Waals surface area contributed by atoms with Gasteiger partial charge in [0.15, 0.2) is 0 Å². The van der Waals surface area contributed by atoms with E-state index in [1.54, 1.807) is 0 Å². The SMILES string of the molecule is CCOC1CCN(c2nc(C(C)(C)C)nc(Cl)c2C)CC1. The van der Waals surface area contributed by atoms with Crippen molar-refractivity contribution in [3.63, 3.8) is 0 Å². The Morgan fingerprint density at radius 3 is 2.38 bits per heavy atom. The molecule has 2 rings (SSSR count). The van der Waals surface area contributed by atoms with E-state index in [4.69, 9.17) is 21.3 Å². The van der Waals surface area contributed by atoms with Gasteiger partial charge in [-0.1, -0.05) is 32.4 Å². The molecule has 0 atom stereocenters. The lowest BCUT2D eigenvalue weighted by atomic mass is 9.95. The maximum atomic E-state index is 6.32. The van der Waals surface area contributed by atoms with Crippen LogP contribution in [0.25, 0.3) is 0 Å². The first kappa shape index (κ1) is 16.5. The molecule has 2 heterocycles. The summed E-state index contributed by atoms with van der Waals surface area (Å²) in [5.41, 5.74) is 0.870. The van der Waals surface area contributed by atoms with Crippen molar-refractivity contribution in [2.45, 2.75) is 59.0 Å². The van der Waals surface area contributed by atoms with Crippen molar-refractivity contribution in [2.75, 3.05) is 24.6 Å². The number of piperidine rings is 1. The van der Waals surface area contributed by atoms with E-state index >= 15 is 0 Å². The van der Waals surface area contributed by atoms with Crippen LogP contribution in [0.15, 0.2) is 0 Å². The summed E-state index contributed by atoms with van der Waals surface area (Å²) in [7, 11) is 0. The van der Waals surface area contributed by atoms with Gasteiger partial charge >= 0.3 is 0 Å². The lowest BCUT2D eigenvalue weighted by Gasteiger charge is -2.34. The molecular weight excluding hydrogens is 286 g/mol. The van der Waals surface area contributed by atoms with E-state index in [1.807, 2.05) is 6.92 Å². The second-order valence-electron chi connectivity index (χ2n) is 6.68. The number of nitrogens with zero attached hydrogens (tertiary/aromatic N) is 3. The van der Waals surface area contributed by atoms with Crippen molar-refractivity contribution >= 4 is 17.4 Å². The van der Waals surface area contributed by atoms with E-state index in [9.17, 15) is 0 Å². The minimum Gasteiger partial charge on any atom is -0.378 e. The molecule has 0 saturated carbocycles. The lowest BCUT2D eigenvalue weighted by molar-refractivity contribution is 0.0458. The Bertz CT molecular complexity index is 491. The summed E-state index contributed by atoms with van der Waals surface area (Å²) in [4.78, 5) is 11.5. The minimum absolute atomic E-state index is 0.101. The van der Waals surface area contributed by atoms with Crippen molar-refractivity contribution in [2.24, 2.45) is 0 Å². The summed E-state index contributed by atoms with van der Waals surface area (Å²) in [6, 6.07) is 0. The largest absolute Gasteiger partial charge is 0.378 e. The van der Waals surface area contributed by atoms with Crippen molar-refractivity contribution in [3.05, 3.63) is 16.5 Å². The van der Waals surface area contributed by atoms with Gasteiger partial charge in [0, 0.05) is 30.7 Å². The average molecular weight is 312 g/mol. The van der Waals surface area contributed by atoms with Crippen LogP contribution < -0.4 is 4.90 Å². The van der Waals surface area contributed by atoms with E-state index in [0.29, 0.717) is 11.3 Å². The van der Waals surface area contributed by atoms with E-state index in [-0.39, 0.29) is 5.41 Å². The van der Waals surface area contributed by atoms with Crippen LogP contribution in [-0.2, 0) is 10.2 Å². The van der Waals surface area contributed by atoms with Crippen LogP contribution in [0.1, 0.15) is 51.9 Å². The Labute approximate surface area is 132 Å². The van der Waals surface area contributed by atoms with Gasteiger partial charge in [0.25, 0.3) is 0 Å². The molecule has 0 unspecified atom stereocenters. The lowest BCUT2D eigenvalue weighted by Crippen LogP contribution is -2.38. The monoisotopic (exact) mass is 311 g/mol. The zero-order valence-electron chi connectivity index (χ0n) is 13.7. The van der Waals surface area contributed by atoms with E-state index in [1.165, 1.54) is 0 Å². The van der Waals surface area contributed by atoms with Gasteiger partial charge in [-0.2, -0.15) is 0 Å². The molecule has 1 aliphatic heterocycles. The predicted molar refractivity (Wildman–Crippen MR) is 87.3 cm³/mol.